The van der Waals surface area contributed by atoms with Gasteiger partial charge in [-0.15, -0.1) is 0 Å². The molecule has 1 aromatic carbocycles. The molecule has 2 nitrogen and oxygen atoms in total. The van der Waals surface area contributed by atoms with Gasteiger partial charge in [0.15, 0.2) is 0 Å². The van der Waals surface area contributed by atoms with E-state index in [1.54, 1.807) is 19.1 Å². The molecule has 1 rings (SSSR count). The molecule has 0 heterocycles. The van der Waals surface area contributed by atoms with Crippen LogP contribution in [0.3, 0.4) is 0 Å². The van der Waals surface area contributed by atoms with Crippen molar-refractivity contribution < 1.29 is 17.6 Å². The molecule has 2 atom stereocenters. The molecule has 0 bridgehead atoms. The van der Waals surface area contributed by atoms with E-state index >= 15 is 0 Å². The Hall–Kier alpha value is -1.21. The molecular weight excluding hydrogens is 292 g/mol. The Morgan fingerprint density at radius 1 is 1.35 bits per heavy atom. The third-order valence-corrected chi connectivity index (χ3v) is 3.51. The maximum atomic E-state index is 13.6. The summed E-state index contributed by atoms with van der Waals surface area (Å²) >= 11 is 4.47. The van der Waals surface area contributed by atoms with Gasteiger partial charge >= 0.3 is 6.18 Å². The SMILES string of the molecule is CC(c1ccccc1F)N(C)CC(C(N)=S)C(F)(F)F. The second kappa shape index (κ2) is 6.49. The Kier molecular flexibility index (Phi) is 5.47. The molecule has 0 fully saturated rings. The average molecular weight is 308 g/mol. The number of nitrogens with two attached hydrogens (primary N) is 1. The molecule has 0 saturated heterocycles. The van der Waals surface area contributed by atoms with E-state index in [1.807, 2.05) is 0 Å². The van der Waals surface area contributed by atoms with Crippen LogP contribution < -0.4 is 5.73 Å². The highest BCUT2D eigenvalue weighted by molar-refractivity contribution is 7.80. The fourth-order valence-corrected chi connectivity index (χ4v) is 2.06. The molecule has 0 aliphatic rings. The Morgan fingerprint density at radius 2 is 1.90 bits per heavy atom. The molecule has 2 N–H and O–H groups in total. The molecule has 0 saturated carbocycles. The van der Waals surface area contributed by atoms with Gasteiger partial charge in [0.2, 0.25) is 0 Å². The van der Waals surface area contributed by atoms with E-state index in [4.69, 9.17) is 5.73 Å². The van der Waals surface area contributed by atoms with Crippen molar-refractivity contribution in [3.63, 3.8) is 0 Å². The predicted octanol–water partition coefficient (Wildman–Crippen LogP) is 3.28. The van der Waals surface area contributed by atoms with Crippen molar-refractivity contribution in [1.82, 2.24) is 4.90 Å². The lowest BCUT2D eigenvalue weighted by Crippen LogP contribution is -2.43. The van der Waals surface area contributed by atoms with Crippen LogP contribution in [-0.4, -0.2) is 29.7 Å². The number of hydrogen-bond donors (Lipinski definition) is 1. The molecule has 2 unspecified atom stereocenters. The van der Waals surface area contributed by atoms with E-state index in [1.165, 1.54) is 24.1 Å². The summed E-state index contributed by atoms with van der Waals surface area (Å²) in [7, 11) is 1.48. The van der Waals surface area contributed by atoms with Crippen molar-refractivity contribution in [3.05, 3.63) is 35.6 Å². The first-order valence-electron chi connectivity index (χ1n) is 5.95. The Balaban J connectivity index is 2.87. The lowest BCUT2D eigenvalue weighted by atomic mass is 10.0. The van der Waals surface area contributed by atoms with E-state index in [0.717, 1.165) is 0 Å². The van der Waals surface area contributed by atoms with Crippen LogP contribution in [0.2, 0.25) is 0 Å². The first-order valence-corrected chi connectivity index (χ1v) is 6.36. The maximum Gasteiger partial charge on any atom is 0.399 e. The minimum Gasteiger partial charge on any atom is -0.393 e. The summed E-state index contributed by atoms with van der Waals surface area (Å²) in [6.45, 7) is 1.22. The number of rotatable bonds is 5. The first-order chi connectivity index (χ1) is 9.14. The van der Waals surface area contributed by atoms with Crippen molar-refractivity contribution in [2.45, 2.75) is 19.1 Å². The lowest BCUT2D eigenvalue weighted by molar-refractivity contribution is -0.159. The van der Waals surface area contributed by atoms with Crippen LogP contribution in [0.1, 0.15) is 18.5 Å². The summed E-state index contributed by atoms with van der Waals surface area (Å²) in [6.07, 6.45) is -4.50. The van der Waals surface area contributed by atoms with Crippen LogP contribution in [0.15, 0.2) is 24.3 Å². The summed E-state index contributed by atoms with van der Waals surface area (Å²) in [5.74, 6) is -2.36. The van der Waals surface area contributed by atoms with Gasteiger partial charge < -0.3 is 5.73 Å². The molecule has 0 aromatic heterocycles. The van der Waals surface area contributed by atoms with Crippen LogP contribution in [0, 0.1) is 11.7 Å². The fourth-order valence-electron chi connectivity index (χ4n) is 1.85. The molecule has 20 heavy (non-hydrogen) atoms. The second-order valence-electron chi connectivity index (χ2n) is 4.63. The average Bonchev–Trinajstić information content (AvgIpc) is 2.33. The van der Waals surface area contributed by atoms with Gasteiger partial charge in [-0.3, -0.25) is 4.90 Å². The van der Waals surface area contributed by atoms with Gasteiger partial charge in [-0.25, -0.2) is 4.39 Å². The van der Waals surface area contributed by atoms with E-state index < -0.39 is 35.5 Å². The van der Waals surface area contributed by atoms with Crippen LogP contribution in [-0.2, 0) is 0 Å². The molecule has 0 aliphatic heterocycles. The maximum absolute atomic E-state index is 13.6. The number of halogens is 4. The number of thiocarbonyl (C=S) groups is 1. The molecule has 1 aromatic rings. The summed E-state index contributed by atoms with van der Waals surface area (Å²) in [5, 5.41) is 0. The Morgan fingerprint density at radius 3 is 2.35 bits per heavy atom. The fraction of sp³-hybridized carbons (Fsp3) is 0.462. The van der Waals surface area contributed by atoms with Crippen molar-refractivity contribution in [1.29, 1.82) is 0 Å². The number of alkyl halides is 3. The highest BCUT2D eigenvalue weighted by atomic mass is 32.1. The van der Waals surface area contributed by atoms with Crippen LogP contribution in [0.25, 0.3) is 0 Å². The summed E-state index contributed by atoms with van der Waals surface area (Å²) < 4.78 is 52.1. The van der Waals surface area contributed by atoms with Gasteiger partial charge in [0.05, 0.1) is 4.99 Å². The summed E-state index contributed by atoms with van der Waals surface area (Å²) in [5.41, 5.74) is 5.48. The minimum atomic E-state index is -4.50. The van der Waals surface area contributed by atoms with Crippen LogP contribution >= 0.6 is 12.2 Å². The van der Waals surface area contributed by atoms with Crippen molar-refractivity contribution >= 4 is 17.2 Å². The van der Waals surface area contributed by atoms with Gasteiger partial charge in [0, 0.05) is 18.2 Å². The van der Waals surface area contributed by atoms with Crippen molar-refractivity contribution in [3.8, 4) is 0 Å². The first kappa shape index (κ1) is 16.8. The monoisotopic (exact) mass is 308 g/mol. The smallest absolute Gasteiger partial charge is 0.393 e. The third-order valence-electron chi connectivity index (χ3n) is 3.23. The van der Waals surface area contributed by atoms with Crippen molar-refractivity contribution in [2.24, 2.45) is 11.7 Å². The van der Waals surface area contributed by atoms with Crippen molar-refractivity contribution in [2.75, 3.05) is 13.6 Å². The predicted molar refractivity (Wildman–Crippen MR) is 73.8 cm³/mol. The van der Waals surface area contributed by atoms with Gasteiger partial charge in [-0.1, -0.05) is 30.4 Å². The number of hydrogen-bond acceptors (Lipinski definition) is 2. The van der Waals surface area contributed by atoms with Gasteiger partial charge in [0.25, 0.3) is 0 Å². The highest BCUT2D eigenvalue weighted by Gasteiger charge is 2.42. The quantitative estimate of drug-likeness (QED) is 0.668. The van der Waals surface area contributed by atoms with Crippen LogP contribution in [0.5, 0.6) is 0 Å². The van der Waals surface area contributed by atoms with Crippen LogP contribution in [0.4, 0.5) is 17.6 Å². The zero-order valence-corrected chi connectivity index (χ0v) is 11.9. The lowest BCUT2D eigenvalue weighted by Gasteiger charge is -2.30. The second-order valence-corrected chi connectivity index (χ2v) is 5.11. The molecule has 0 amide bonds. The zero-order valence-electron chi connectivity index (χ0n) is 11.1. The zero-order chi connectivity index (χ0) is 15.5. The molecule has 112 valence electrons. The van der Waals surface area contributed by atoms with E-state index in [-0.39, 0.29) is 0 Å². The topological polar surface area (TPSA) is 29.3 Å². The van der Waals surface area contributed by atoms with Gasteiger partial charge in [-0.2, -0.15) is 13.2 Å². The normalized spacial score (nSPS) is 15.2. The molecule has 0 spiro atoms. The molecule has 7 heteroatoms. The highest BCUT2D eigenvalue weighted by Crippen LogP contribution is 2.30. The Bertz CT molecular complexity index is 476. The molecule has 0 radical (unpaired) electrons. The molecule has 0 aliphatic carbocycles. The number of nitrogens with zero attached hydrogens (tertiary/aromatic N) is 1. The van der Waals surface area contributed by atoms with E-state index in [2.05, 4.69) is 12.2 Å². The number of benzene rings is 1. The van der Waals surface area contributed by atoms with E-state index in [0.29, 0.717) is 5.56 Å². The molecular formula is C13H16F4N2S. The Labute approximate surface area is 120 Å². The summed E-state index contributed by atoms with van der Waals surface area (Å²) in [6, 6.07) is 5.46. The van der Waals surface area contributed by atoms with Gasteiger partial charge in [-0.05, 0) is 20.0 Å². The van der Waals surface area contributed by atoms with Gasteiger partial charge in [0.1, 0.15) is 11.7 Å². The minimum absolute atomic E-state index is 0.332. The standard InChI is InChI=1S/C13H16F4N2S/c1-8(9-5-3-4-6-11(9)14)19(2)7-10(12(18)20)13(15,16)17/h3-6,8,10H,7H2,1-2H3,(H2,18,20). The third kappa shape index (κ3) is 4.14. The summed E-state index contributed by atoms with van der Waals surface area (Å²) in [4.78, 5) is 0.778. The van der Waals surface area contributed by atoms with E-state index in [9.17, 15) is 17.6 Å². The largest absolute Gasteiger partial charge is 0.399 e.